The molecule has 0 bridgehead atoms. The van der Waals surface area contributed by atoms with Gasteiger partial charge in [0.05, 0.1) is 0 Å². The summed E-state index contributed by atoms with van der Waals surface area (Å²) in [6.45, 7) is 11.3. The normalized spacial score (nSPS) is 32.1. The van der Waals surface area contributed by atoms with Gasteiger partial charge in [-0.3, -0.25) is 4.90 Å². The maximum absolute atomic E-state index is 6.13. The van der Waals surface area contributed by atoms with E-state index in [1.54, 1.807) is 0 Å². The van der Waals surface area contributed by atoms with E-state index >= 15 is 0 Å². The molecule has 0 saturated carbocycles. The summed E-state index contributed by atoms with van der Waals surface area (Å²) in [7, 11) is 0. The SMILES string of the molecule is CCC1CCN(C(C)(C)C)CC1N. The average molecular weight is 184 g/mol. The summed E-state index contributed by atoms with van der Waals surface area (Å²) in [6, 6.07) is 0.387. The Kier molecular flexibility index (Phi) is 3.36. The van der Waals surface area contributed by atoms with Crippen LogP contribution >= 0.6 is 0 Å². The zero-order valence-corrected chi connectivity index (χ0v) is 9.51. The minimum atomic E-state index is 0.288. The van der Waals surface area contributed by atoms with Crippen molar-refractivity contribution in [3.63, 3.8) is 0 Å². The van der Waals surface area contributed by atoms with Gasteiger partial charge in [-0.1, -0.05) is 13.3 Å². The quantitative estimate of drug-likeness (QED) is 0.674. The lowest BCUT2D eigenvalue weighted by molar-refractivity contribution is 0.0726. The number of rotatable bonds is 1. The molecule has 0 spiro atoms. The summed E-state index contributed by atoms with van der Waals surface area (Å²) < 4.78 is 0. The molecule has 1 fully saturated rings. The summed E-state index contributed by atoms with van der Waals surface area (Å²) in [4.78, 5) is 2.50. The van der Waals surface area contributed by atoms with Crippen molar-refractivity contribution in [1.82, 2.24) is 4.90 Å². The maximum Gasteiger partial charge on any atom is 0.0197 e. The summed E-state index contributed by atoms with van der Waals surface area (Å²) in [5.74, 6) is 0.749. The molecule has 2 heteroatoms. The Morgan fingerprint density at radius 1 is 1.38 bits per heavy atom. The molecule has 0 aromatic carbocycles. The van der Waals surface area contributed by atoms with E-state index in [2.05, 4.69) is 32.6 Å². The van der Waals surface area contributed by atoms with E-state index in [4.69, 9.17) is 5.73 Å². The standard InChI is InChI=1S/C11H24N2/c1-5-9-6-7-13(8-10(9)12)11(2,3)4/h9-10H,5-8,12H2,1-4H3. The van der Waals surface area contributed by atoms with Crippen molar-refractivity contribution in [2.75, 3.05) is 13.1 Å². The molecule has 1 heterocycles. The molecule has 0 aliphatic carbocycles. The summed E-state index contributed by atoms with van der Waals surface area (Å²) in [5, 5.41) is 0. The fraction of sp³-hybridized carbons (Fsp3) is 1.00. The molecular weight excluding hydrogens is 160 g/mol. The highest BCUT2D eigenvalue weighted by molar-refractivity contribution is 4.87. The van der Waals surface area contributed by atoms with Gasteiger partial charge >= 0.3 is 0 Å². The molecule has 2 unspecified atom stereocenters. The molecule has 0 radical (unpaired) electrons. The molecule has 13 heavy (non-hydrogen) atoms. The van der Waals surface area contributed by atoms with Crippen LogP contribution in [-0.2, 0) is 0 Å². The van der Waals surface area contributed by atoms with Gasteiger partial charge in [-0.15, -0.1) is 0 Å². The van der Waals surface area contributed by atoms with Gasteiger partial charge in [0.2, 0.25) is 0 Å². The molecule has 1 aliphatic rings. The van der Waals surface area contributed by atoms with Crippen LogP contribution < -0.4 is 5.73 Å². The molecule has 2 nitrogen and oxygen atoms in total. The first kappa shape index (κ1) is 11.0. The van der Waals surface area contributed by atoms with E-state index in [1.165, 1.54) is 19.4 Å². The molecule has 1 aliphatic heterocycles. The predicted molar refractivity (Wildman–Crippen MR) is 57.7 cm³/mol. The molecule has 1 saturated heterocycles. The fourth-order valence-corrected chi connectivity index (χ4v) is 2.15. The lowest BCUT2D eigenvalue weighted by Gasteiger charge is -2.43. The fourth-order valence-electron chi connectivity index (χ4n) is 2.15. The van der Waals surface area contributed by atoms with Gasteiger partial charge in [0, 0.05) is 18.1 Å². The van der Waals surface area contributed by atoms with E-state index < -0.39 is 0 Å². The zero-order chi connectivity index (χ0) is 10.1. The molecule has 2 N–H and O–H groups in total. The molecule has 0 aromatic rings. The van der Waals surface area contributed by atoms with E-state index in [0.29, 0.717) is 6.04 Å². The highest BCUT2D eigenvalue weighted by Crippen LogP contribution is 2.24. The van der Waals surface area contributed by atoms with Gasteiger partial charge in [0.15, 0.2) is 0 Å². The number of likely N-dealkylation sites (tertiary alicyclic amines) is 1. The van der Waals surface area contributed by atoms with Gasteiger partial charge in [0.1, 0.15) is 0 Å². The van der Waals surface area contributed by atoms with Crippen molar-refractivity contribution in [2.24, 2.45) is 11.7 Å². The van der Waals surface area contributed by atoms with Gasteiger partial charge < -0.3 is 5.73 Å². The van der Waals surface area contributed by atoms with E-state index in [1.807, 2.05) is 0 Å². The predicted octanol–water partition coefficient (Wildman–Crippen LogP) is 1.84. The van der Waals surface area contributed by atoms with E-state index in [0.717, 1.165) is 12.5 Å². The Balaban J connectivity index is 2.51. The van der Waals surface area contributed by atoms with Crippen LogP contribution in [0.1, 0.15) is 40.5 Å². The third kappa shape index (κ3) is 2.68. The minimum Gasteiger partial charge on any atom is -0.326 e. The first-order chi connectivity index (χ1) is 5.95. The largest absolute Gasteiger partial charge is 0.326 e. The van der Waals surface area contributed by atoms with Crippen LogP contribution in [0.3, 0.4) is 0 Å². The molecule has 0 aromatic heterocycles. The number of nitrogens with two attached hydrogens (primary N) is 1. The highest BCUT2D eigenvalue weighted by atomic mass is 15.2. The zero-order valence-electron chi connectivity index (χ0n) is 9.51. The van der Waals surface area contributed by atoms with Crippen LogP contribution in [0.2, 0.25) is 0 Å². The molecule has 2 atom stereocenters. The van der Waals surface area contributed by atoms with E-state index in [9.17, 15) is 0 Å². The molecule has 0 amide bonds. The number of hydrogen-bond acceptors (Lipinski definition) is 2. The number of hydrogen-bond donors (Lipinski definition) is 1. The van der Waals surface area contributed by atoms with Crippen LogP contribution in [0.25, 0.3) is 0 Å². The number of nitrogens with zero attached hydrogens (tertiary/aromatic N) is 1. The van der Waals surface area contributed by atoms with Crippen LogP contribution in [0.4, 0.5) is 0 Å². The highest BCUT2D eigenvalue weighted by Gasteiger charge is 2.30. The Hall–Kier alpha value is -0.0800. The minimum absolute atomic E-state index is 0.288. The molecule has 1 rings (SSSR count). The second-order valence-corrected chi connectivity index (χ2v) is 5.24. The number of piperidine rings is 1. The van der Waals surface area contributed by atoms with Crippen molar-refractivity contribution in [1.29, 1.82) is 0 Å². The topological polar surface area (TPSA) is 29.3 Å². The lowest BCUT2D eigenvalue weighted by atomic mass is 9.88. The van der Waals surface area contributed by atoms with Crippen LogP contribution in [-0.4, -0.2) is 29.6 Å². The Morgan fingerprint density at radius 2 is 2.00 bits per heavy atom. The van der Waals surface area contributed by atoms with Gasteiger partial charge in [-0.2, -0.15) is 0 Å². The van der Waals surface area contributed by atoms with Gasteiger partial charge in [-0.25, -0.2) is 0 Å². The van der Waals surface area contributed by atoms with Crippen molar-refractivity contribution in [2.45, 2.75) is 52.1 Å². The van der Waals surface area contributed by atoms with Crippen molar-refractivity contribution in [3.8, 4) is 0 Å². The second-order valence-electron chi connectivity index (χ2n) is 5.24. The lowest BCUT2D eigenvalue weighted by Crippen LogP contribution is -2.54. The first-order valence-corrected chi connectivity index (χ1v) is 5.45. The summed E-state index contributed by atoms with van der Waals surface area (Å²) in [6.07, 6.45) is 2.51. The third-order valence-electron chi connectivity index (χ3n) is 3.28. The van der Waals surface area contributed by atoms with Crippen LogP contribution in [0, 0.1) is 5.92 Å². The van der Waals surface area contributed by atoms with Gasteiger partial charge in [-0.05, 0) is 39.7 Å². The van der Waals surface area contributed by atoms with Crippen molar-refractivity contribution < 1.29 is 0 Å². The summed E-state index contributed by atoms with van der Waals surface area (Å²) >= 11 is 0. The maximum atomic E-state index is 6.13. The first-order valence-electron chi connectivity index (χ1n) is 5.45. The average Bonchev–Trinajstić information content (AvgIpc) is 2.02. The van der Waals surface area contributed by atoms with Crippen molar-refractivity contribution in [3.05, 3.63) is 0 Å². The Labute approximate surface area is 82.5 Å². The molecule has 78 valence electrons. The van der Waals surface area contributed by atoms with Crippen LogP contribution in [0.5, 0.6) is 0 Å². The monoisotopic (exact) mass is 184 g/mol. The second kappa shape index (κ2) is 3.97. The Morgan fingerprint density at radius 3 is 2.38 bits per heavy atom. The third-order valence-corrected chi connectivity index (χ3v) is 3.28. The molecular formula is C11H24N2. The van der Waals surface area contributed by atoms with Gasteiger partial charge in [0.25, 0.3) is 0 Å². The van der Waals surface area contributed by atoms with Crippen LogP contribution in [0.15, 0.2) is 0 Å². The summed E-state index contributed by atoms with van der Waals surface area (Å²) in [5.41, 5.74) is 6.42. The Bertz CT molecular complexity index is 160. The van der Waals surface area contributed by atoms with E-state index in [-0.39, 0.29) is 5.54 Å². The van der Waals surface area contributed by atoms with Crippen molar-refractivity contribution >= 4 is 0 Å². The smallest absolute Gasteiger partial charge is 0.0197 e.